The van der Waals surface area contributed by atoms with Crippen molar-refractivity contribution < 1.29 is 17.2 Å². The maximum Gasteiger partial charge on any atom is 0.263 e. The number of benzene rings is 1. The summed E-state index contributed by atoms with van der Waals surface area (Å²) in [4.78, 5) is 0.517. The fourth-order valence-electron chi connectivity index (χ4n) is 1.48. The van der Waals surface area contributed by atoms with Crippen LogP contribution in [0.4, 0.5) is 14.5 Å². The van der Waals surface area contributed by atoms with Crippen molar-refractivity contribution >= 4 is 43.0 Å². The van der Waals surface area contributed by atoms with Crippen molar-refractivity contribution in [1.29, 1.82) is 0 Å². The zero-order chi connectivity index (χ0) is 14.2. The van der Waals surface area contributed by atoms with Gasteiger partial charge in [0.1, 0.15) is 22.2 Å². The SMILES string of the molecule is Cc1sc(Br)cc1S(=O)(=O)Nc1c(F)cccc1F. The molecule has 0 radical (unpaired) electrons. The normalized spacial score (nSPS) is 11.6. The van der Waals surface area contributed by atoms with Gasteiger partial charge in [-0.2, -0.15) is 0 Å². The lowest BCUT2D eigenvalue weighted by Gasteiger charge is -2.09. The molecular weight excluding hydrogens is 360 g/mol. The Kier molecular flexibility index (Phi) is 3.93. The van der Waals surface area contributed by atoms with Crippen molar-refractivity contribution in [2.24, 2.45) is 0 Å². The van der Waals surface area contributed by atoms with Crippen molar-refractivity contribution in [3.8, 4) is 0 Å². The van der Waals surface area contributed by atoms with E-state index in [2.05, 4.69) is 15.9 Å². The predicted octanol–water partition coefficient (Wildman–Crippen LogP) is 3.90. The molecule has 1 aromatic carbocycles. The number of nitrogens with one attached hydrogen (secondary N) is 1. The summed E-state index contributed by atoms with van der Waals surface area (Å²) in [6.07, 6.45) is 0. The lowest BCUT2D eigenvalue weighted by atomic mass is 10.3. The molecule has 1 heterocycles. The van der Waals surface area contributed by atoms with E-state index in [0.717, 1.165) is 18.2 Å². The first kappa shape index (κ1) is 14.4. The highest BCUT2D eigenvalue weighted by Gasteiger charge is 2.22. The van der Waals surface area contributed by atoms with E-state index in [0.29, 0.717) is 8.66 Å². The Hall–Kier alpha value is -0.990. The fourth-order valence-corrected chi connectivity index (χ4v) is 4.97. The number of aryl methyl sites for hydroxylation is 1. The monoisotopic (exact) mass is 367 g/mol. The summed E-state index contributed by atoms with van der Waals surface area (Å²) in [6, 6.07) is 4.52. The molecule has 0 saturated carbocycles. The topological polar surface area (TPSA) is 46.2 Å². The second-order valence-electron chi connectivity index (χ2n) is 3.67. The number of hydrogen-bond acceptors (Lipinski definition) is 3. The third-order valence-electron chi connectivity index (χ3n) is 2.33. The molecule has 3 nitrogen and oxygen atoms in total. The second kappa shape index (κ2) is 5.18. The zero-order valence-corrected chi connectivity index (χ0v) is 12.8. The van der Waals surface area contributed by atoms with Gasteiger partial charge in [-0.1, -0.05) is 6.07 Å². The van der Waals surface area contributed by atoms with Gasteiger partial charge in [0.15, 0.2) is 0 Å². The maximum atomic E-state index is 13.4. The van der Waals surface area contributed by atoms with E-state index in [9.17, 15) is 17.2 Å². The van der Waals surface area contributed by atoms with Gasteiger partial charge in [0.25, 0.3) is 10.0 Å². The quantitative estimate of drug-likeness (QED) is 0.893. The van der Waals surface area contributed by atoms with Gasteiger partial charge in [-0.15, -0.1) is 11.3 Å². The molecule has 0 unspecified atom stereocenters. The van der Waals surface area contributed by atoms with Crippen molar-refractivity contribution in [3.63, 3.8) is 0 Å². The van der Waals surface area contributed by atoms with Crippen LogP contribution in [0.2, 0.25) is 0 Å². The summed E-state index contributed by atoms with van der Waals surface area (Å²) < 4.78 is 53.6. The van der Waals surface area contributed by atoms with Crippen molar-refractivity contribution in [2.75, 3.05) is 4.72 Å². The first-order valence-electron chi connectivity index (χ1n) is 5.04. The Labute approximate surface area is 121 Å². The summed E-state index contributed by atoms with van der Waals surface area (Å²) in [5, 5.41) is 0. The highest BCUT2D eigenvalue weighted by atomic mass is 79.9. The smallest absolute Gasteiger partial charge is 0.263 e. The van der Waals surface area contributed by atoms with Crippen LogP contribution >= 0.6 is 27.3 Å². The Bertz CT molecular complexity index is 708. The Morgan fingerprint density at radius 2 is 1.84 bits per heavy atom. The number of thiophene rings is 1. The third kappa shape index (κ3) is 2.96. The van der Waals surface area contributed by atoms with Crippen molar-refractivity contribution in [2.45, 2.75) is 11.8 Å². The summed E-state index contributed by atoms with van der Waals surface area (Å²) in [5.74, 6) is -1.92. The molecule has 2 rings (SSSR count). The van der Waals surface area contributed by atoms with Crippen LogP contribution in [-0.4, -0.2) is 8.42 Å². The molecule has 0 aliphatic heterocycles. The molecule has 0 saturated heterocycles. The zero-order valence-electron chi connectivity index (χ0n) is 9.58. The molecule has 19 heavy (non-hydrogen) atoms. The molecule has 2 aromatic rings. The van der Waals surface area contributed by atoms with E-state index >= 15 is 0 Å². The van der Waals surface area contributed by atoms with E-state index in [-0.39, 0.29) is 4.90 Å². The average Bonchev–Trinajstić information content (AvgIpc) is 2.64. The highest BCUT2D eigenvalue weighted by molar-refractivity contribution is 9.11. The largest absolute Gasteiger partial charge is 0.274 e. The minimum absolute atomic E-state index is 0.00738. The van der Waals surface area contributed by atoms with E-state index in [1.807, 2.05) is 4.72 Å². The van der Waals surface area contributed by atoms with E-state index in [4.69, 9.17) is 0 Å². The molecule has 0 fully saturated rings. The molecule has 1 N–H and O–H groups in total. The molecule has 0 aliphatic carbocycles. The molecule has 8 heteroatoms. The van der Waals surface area contributed by atoms with Crippen LogP contribution < -0.4 is 4.72 Å². The lowest BCUT2D eigenvalue weighted by molar-refractivity contribution is 0.583. The molecule has 1 aromatic heterocycles. The summed E-state index contributed by atoms with van der Waals surface area (Å²) in [5.41, 5.74) is -0.677. The van der Waals surface area contributed by atoms with Gasteiger partial charge in [0, 0.05) is 4.88 Å². The summed E-state index contributed by atoms with van der Waals surface area (Å²) in [7, 11) is -4.02. The fraction of sp³-hybridized carbons (Fsp3) is 0.0909. The van der Waals surface area contributed by atoms with Crippen molar-refractivity contribution in [1.82, 2.24) is 0 Å². The maximum absolute atomic E-state index is 13.4. The van der Waals surface area contributed by atoms with E-state index < -0.39 is 27.3 Å². The summed E-state index contributed by atoms with van der Waals surface area (Å²) >= 11 is 4.39. The minimum Gasteiger partial charge on any atom is -0.274 e. The lowest BCUT2D eigenvalue weighted by Crippen LogP contribution is -2.15. The first-order chi connectivity index (χ1) is 8.81. The van der Waals surface area contributed by atoms with E-state index in [1.54, 1.807) is 6.92 Å². The molecular formula is C11H8BrF2NO2S2. The Balaban J connectivity index is 2.45. The first-order valence-corrected chi connectivity index (χ1v) is 8.13. The van der Waals surface area contributed by atoms with Gasteiger partial charge in [-0.3, -0.25) is 4.72 Å². The summed E-state index contributed by atoms with van der Waals surface area (Å²) in [6.45, 7) is 1.61. The molecule has 0 atom stereocenters. The van der Waals surface area contributed by atoms with Gasteiger partial charge < -0.3 is 0 Å². The molecule has 0 aliphatic rings. The third-order valence-corrected chi connectivity index (χ3v) is 5.49. The molecule has 0 spiro atoms. The number of rotatable bonds is 3. The Morgan fingerprint density at radius 1 is 1.26 bits per heavy atom. The van der Waals surface area contributed by atoms with E-state index in [1.165, 1.54) is 17.4 Å². The minimum atomic E-state index is -4.02. The van der Waals surface area contributed by atoms with Crippen LogP contribution in [0.1, 0.15) is 4.88 Å². The number of anilines is 1. The average molecular weight is 368 g/mol. The molecule has 0 bridgehead atoms. The van der Waals surface area contributed by atoms with Gasteiger partial charge in [-0.25, -0.2) is 17.2 Å². The molecule has 102 valence electrons. The van der Waals surface area contributed by atoms with Crippen LogP contribution in [0.25, 0.3) is 0 Å². The number of halogens is 3. The van der Waals surface area contributed by atoms with Crippen LogP contribution in [-0.2, 0) is 10.0 Å². The van der Waals surface area contributed by atoms with Crippen LogP contribution in [0.15, 0.2) is 32.9 Å². The standard InChI is InChI=1S/C11H8BrF2NO2S2/c1-6-9(5-10(12)18-6)19(16,17)15-11-7(13)3-2-4-8(11)14/h2-5,15H,1H3. The van der Waals surface area contributed by atoms with Gasteiger partial charge in [-0.05, 0) is 41.1 Å². The van der Waals surface area contributed by atoms with Crippen LogP contribution in [0.3, 0.4) is 0 Å². The van der Waals surface area contributed by atoms with Crippen LogP contribution in [0, 0.1) is 18.6 Å². The van der Waals surface area contributed by atoms with Crippen molar-refractivity contribution in [3.05, 3.63) is 44.6 Å². The van der Waals surface area contributed by atoms with Gasteiger partial charge in [0.2, 0.25) is 0 Å². The van der Waals surface area contributed by atoms with Gasteiger partial charge in [0.05, 0.1) is 3.79 Å². The number of hydrogen-bond donors (Lipinski definition) is 1. The number of sulfonamides is 1. The molecule has 0 amide bonds. The predicted molar refractivity (Wildman–Crippen MR) is 73.9 cm³/mol. The van der Waals surface area contributed by atoms with Crippen LogP contribution in [0.5, 0.6) is 0 Å². The van der Waals surface area contributed by atoms with Gasteiger partial charge >= 0.3 is 0 Å². The Morgan fingerprint density at radius 3 is 2.32 bits per heavy atom. The highest BCUT2D eigenvalue weighted by Crippen LogP contribution is 2.31. The number of para-hydroxylation sites is 1. The second-order valence-corrected chi connectivity index (χ2v) is 7.96.